The van der Waals surface area contributed by atoms with E-state index < -0.39 is 5.97 Å². The van der Waals surface area contributed by atoms with Gasteiger partial charge in [0.15, 0.2) is 11.3 Å². The summed E-state index contributed by atoms with van der Waals surface area (Å²) >= 11 is 0. The molecule has 1 aliphatic carbocycles. The third-order valence-corrected chi connectivity index (χ3v) is 5.09. The largest absolute Gasteiger partial charge is 0.420 e. The summed E-state index contributed by atoms with van der Waals surface area (Å²) in [5.41, 5.74) is 3.29. The van der Waals surface area contributed by atoms with Crippen molar-refractivity contribution in [3.8, 4) is 12.1 Å². The molecule has 0 radical (unpaired) electrons. The highest BCUT2D eigenvalue weighted by Crippen LogP contribution is 2.42. The van der Waals surface area contributed by atoms with Crippen LogP contribution in [-0.4, -0.2) is 5.97 Å². The Morgan fingerprint density at radius 1 is 0.966 bits per heavy atom. The average Bonchev–Trinajstić information content (AvgIpc) is 3.54. The van der Waals surface area contributed by atoms with Crippen LogP contribution in [0.2, 0.25) is 0 Å². The van der Waals surface area contributed by atoms with Gasteiger partial charge in [-0.3, -0.25) is 0 Å². The number of esters is 1. The quantitative estimate of drug-likeness (QED) is 0.423. The van der Waals surface area contributed by atoms with E-state index >= 15 is 0 Å². The summed E-state index contributed by atoms with van der Waals surface area (Å²) in [6.45, 7) is 0. The Kier molecular flexibility index (Phi) is 5.10. The molecule has 1 saturated carbocycles. The lowest BCUT2D eigenvalue weighted by atomic mass is 9.88. The van der Waals surface area contributed by atoms with Gasteiger partial charge in [0.1, 0.15) is 12.1 Å². The summed E-state index contributed by atoms with van der Waals surface area (Å²) in [5, 5.41) is 18.9. The Morgan fingerprint density at radius 2 is 1.52 bits per heavy atom. The van der Waals surface area contributed by atoms with Crippen LogP contribution in [0.25, 0.3) is 5.57 Å². The number of ether oxygens (including phenoxy) is 1. The Morgan fingerprint density at radius 3 is 2.00 bits per heavy atom. The van der Waals surface area contributed by atoms with E-state index in [1.807, 2.05) is 78.9 Å². The van der Waals surface area contributed by atoms with E-state index in [0.717, 1.165) is 36.0 Å². The number of cyclic esters (lactones) is 1. The molecule has 2 aromatic rings. The fourth-order valence-electron chi connectivity index (χ4n) is 3.46. The van der Waals surface area contributed by atoms with Crippen LogP contribution in [0, 0.1) is 28.6 Å². The van der Waals surface area contributed by atoms with Gasteiger partial charge in [-0.25, -0.2) is 4.79 Å². The third kappa shape index (κ3) is 3.74. The van der Waals surface area contributed by atoms with Crippen molar-refractivity contribution in [3.63, 3.8) is 0 Å². The molecule has 2 fully saturated rings. The first-order chi connectivity index (χ1) is 14.2. The van der Waals surface area contributed by atoms with Gasteiger partial charge < -0.3 is 4.74 Å². The number of nitriles is 2. The zero-order valence-corrected chi connectivity index (χ0v) is 15.8. The molecule has 0 N–H and O–H groups in total. The summed E-state index contributed by atoms with van der Waals surface area (Å²) in [7, 11) is 0. The first-order valence-electron chi connectivity index (χ1n) is 9.55. The molecule has 0 spiro atoms. The predicted molar refractivity (Wildman–Crippen MR) is 109 cm³/mol. The van der Waals surface area contributed by atoms with Gasteiger partial charge in [-0.05, 0) is 36.3 Å². The van der Waals surface area contributed by atoms with Gasteiger partial charge in [0.2, 0.25) is 0 Å². The molecule has 4 rings (SSSR count). The Hall–Kier alpha value is -3.89. The molecule has 0 bridgehead atoms. The number of hydrogen-bond donors (Lipinski definition) is 0. The normalized spacial score (nSPS) is 16.9. The number of hydrogen-bond acceptors (Lipinski definition) is 4. The van der Waals surface area contributed by atoms with Crippen molar-refractivity contribution in [1.82, 2.24) is 0 Å². The van der Waals surface area contributed by atoms with E-state index in [-0.39, 0.29) is 11.3 Å². The first kappa shape index (κ1) is 18.5. The number of rotatable bonds is 4. The van der Waals surface area contributed by atoms with Gasteiger partial charge >= 0.3 is 5.97 Å². The molecule has 0 atom stereocenters. The van der Waals surface area contributed by atoms with Crippen molar-refractivity contribution in [2.75, 3.05) is 0 Å². The molecule has 2 aliphatic rings. The van der Waals surface area contributed by atoms with E-state index in [4.69, 9.17) is 4.74 Å². The topological polar surface area (TPSA) is 73.9 Å². The second-order valence-corrected chi connectivity index (χ2v) is 7.10. The molecule has 0 unspecified atom stereocenters. The molecular formula is C25H18N2O2. The number of benzene rings is 2. The van der Waals surface area contributed by atoms with Gasteiger partial charge in [0, 0.05) is 11.1 Å². The van der Waals surface area contributed by atoms with E-state index in [9.17, 15) is 15.3 Å². The van der Waals surface area contributed by atoms with Gasteiger partial charge in [-0.15, -0.1) is 0 Å². The standard InChI is InChI=1S/C25H18N2O2/c26-15-20(16-27)24-23(21(25(28)29-24)14-13-17-11-12-17)22(18-7-3-1-4-8-18)19-9-5-2-6-10-19/h1-10,14,17H,11-13H2/b21-14+. The average molecular weight is 378 g/mol. The van der Waals surface area contributed by atoms with Crippen molar-refractivity contribution in [3.05, 3.63) is 100 Å². The lowest BCUT2D eigenvalue weighted by molar-refractivity contribution is -0.132. The third-order valence-electron chi connectivity index (χ3n) is 5.09. The van der Waals surface area contributed by atoms with Gasteiger partial charge in [-0.1, -0.05) is 66.7 Å². The zero-order chi connectivity index (χ0) is 20.2. The molecule has 2 aromatic carbocycles. The molecule has 29 heavy (non-hydrogen) atoms. The summed E-state index contributed by atoms with van der Waals surface area (Å²) < 4.78 is 5.48. The zero-order valence-electron chi connectivity index (χ0n) is 15.8. The maximum atomic E-state index is 12.8. The lowest BCUT2D eigenvalue weighted by Crippen LogP contribution is -1.99. The molecule has 0 amide bonds. The summed E-state index contributed by atoms with van der Waals surface area (Å²) in [4.78, 5) is 12.8. The van der Waals surface area contributed by atoms with E-state index in [2.05, 4.69) is 0 Å². The van der Waals surface area contributed by atoms with Crippen LogP contribution in [0.15, 0.2) is 89.2 Å². The number of nitrogens with zero attached hydrogens (tertiary/aromatic N) is 2. The number of carbonyl (C=O) groups excluding carboxylic acids is 1. The molecule has 1 aliphatic heterocycles. The van der Waals surface area contributed by atoms with Crippen LogP contribution in [0.3, 0.4) is 0 Å². The van der Waals surface area contributed by atoms with Crippen molar-refractivity contribution in [2.45, 2.75) is 19.3 Å². The maximum absolute atomic E-state index is 12.8. The maximum Gasteiger partial charge on any atom is 0.344 e. The van der Waals surface area contributed by atoms with Crippen LogP contribution >= 0.6 is 0 Å². The monoisotopic (exact) mass is 378 g/mol. The van der Waals surface area contributed by atoms with E-state index in [1.165, 1.54) is 0 Å². The minimum absolute atomic E-state index is 0.0461. The molecular weight excluding hydrogens is 360 g/mol. The highest BCUT2D eigenvalue weighted by Gasteiger charge is 2.36. The van der Waals surface area contributed by atoms with Crippen LogP contribution in [0.1, 0.15) is 30.4 Å². The number of allylic oxidation sites excluding steroid dienone is 3. The van der Waals surface area contributed by atoms with Crippen molar-refractivity contribution < 1.29 is 9.53 Å². The van der Waals surface area contributed by atoms with Gasteiger partial charge in [-0.2, -0.15) is 10.5 Å². The van der Waals surface area contributed by atoms with Crippen LogP contribution < -0.4 is 0 Å². The molecule has 4 nitrogen and oxygen atoms in total. The highest BCUT2D eigenvalue weighted by atomic mass is 16.5. The minimum Gasteiger partial charge on any atom is -0.420 e. The van der Waals surface area contributed by atoms with E-state index in [1.54, 1.807) is 0 Å². The molecule has 1 saturated heterocycles. The second kappa shape index (κ2) is 8.00. The Labute approximate surface area is 169 Å². The molecule has 140 valence electrons. The lowest BCUT2D eigenvalue weighted by Gasteiger charge is -2.13. The number of carbonyl (C=O) groups is 1. The Bertz CT molecular complexity index is 1070. The summed E-state index contributed by atoms with van der Waals surface area (Å²) in [6.07, 6.45) is 5.01. The van der Waals surface area contributed by atoms with E-state index in [0.29, 0.717) is 17.1 Å². The first-order valence-corrected chi connectivity index (χ1v) is 9.55. The SMILES string of the molecule is N#CC(C#N)=C1OC(=O)/C(=C/CC2CC2)C1=C(c1ccccc1)c1ccccc1. The Balaban J connectivity index is 2.05. The van der Waals surface area contributed by atoms with Crippen LogP contribution in [0.4, 0.5) is 0 Å². The van der Waals surface area contributed by atoms with Gasteiger partial charge in [0.25, 0.3) is 0 Å². The predicted octanol–water partition coefficient (Wildman–Crippen LogP) is 5.07. The van der Waals surface area contributed by atoms with Crippen molar-refractivity contribution >= 4 is 11.5 Å². The highest BCUT2D eigenvalue weighted by molar-refractivity contribution is 6.06. The molecule has 4 heteroatoms. The van der Waals surface area contributed by atoms with Gasteiger partial charge in [0.05, 0.1) is 5.57 Å². The molecule has 0 aromatic heterocycles. The summed E-state index contributed by atoms with van der Waals surface area (Å²) in [5.74, 6) is 0.126. The van der Waals surface area contributed by atoms with Crippen LogP contribution in [0.5, 0.6) is 0 Å². The summed E-state index contributed by atoms with van der Waals surface area (Å²) in [6, 6.07) is 23.1. The minimum atomic E-state index is -0.511. The van der Waals surface area contributed by atoms with Crippen molar-refractivity contribution in [2.24, 2.45) is 5.92 Å². The fourth-order valence-corrected chi connectivity index (χ4v) is 3.46. The van der Waals surface area contributed by atoms with Crippen molar-refractivity contribution in [1.29, 1.82) is 10.5 Å². The molecule has 1 heterocycles. The smallest absolute Gasteiger partial charge is 0.344 e. The fraction of sp³-hybridized carbons (Fsp3) is 0.160. The second-order valence-electron chi connectivity index (χ2n) is 7.10. The van der Waals surface area contributed by atoms with Crippen LogP contribution in [-0.2, 0) is 9.53 Å².